The topological polar surface area (TPSA) is 95.8 Å². The van der Waals surface area contributed by atoms with E-state index in [4.69, 9.17) is 28.4 Å². The monoisotopic (exact) mass is 402 g/mol. The molecule has 162 valence electrons. The first-order valence-corrected chi connectivity index (χ1v) is 10.8. The number of fused-ring (bicyclic) bond motifs is 2. The highest BCUT2D eigenvalue weighted by molar-refractivity contribution is 4.95. The summed E-state index contributed by atoms with van der Waals surface area (Å²) in [4.78, 5) is 0. The molecular weight excluding hydrogens is 368 g/mol. The number of aliphatic hydroxyl groups excluding tert-OH is 2. The molecule has 4 fully saturated rings. The van der Waals surface area contributed by atoms with Crippen LogP contribution in [0.1, 0.15) is 38.5 Å². The summed E-state index contributed by atoms with van der Waals surface area (Å²) in [6.07, 6.45) is 5.04. The third-order valence-electron chi connectivity index (χ3n) is 6.17. The van der Waals surface area contributed by atoms with Gasteiger partial charge in [-0.05, 0) is 12.8 Å². The molecule has 0 saturated carbocycles. The van der Waals surface area contributed by atoms with E-state index in [1.165, 1.54) is 12.8 Å². The second-order valence-electron chi connectivity index (χ2n) is 8.27. The standard InChI is InChI=1S/C20H34O8/c21-13-9-25-19-15(11-27-17(13)19)23-7-5-3-1-2-4-6-8-24-16-12-28-18-14(22)10-26-20(16)18/h13-22H,1-12H2/t13-,14-,15+,16+,17?,18?,19?,20?/m1/s1. The fourth-order valence-electron chi connectivity index (χ4n) is 4.55. The molecule has 4 rings (SSSR count). The van der Waals surface area contributed by atoms with Crippen molar-refractivity contribution in [3.05, 3.63) is 0 Å². The Balaban J connectivity index is 0.959. The first-order valence-electron chi connectivity index (χ1n) is 10.8. The van der Waals surface area contributed by atoms with Gasteiger partial charge in [-0.15, -0.1) is 0 Å². The van der Waals surface area contributed by atoms with Crippen molar-refractivity contribution in [1.29, 1.82) is 0 Å². The third kappa shape index (κ3) is 4.87. The van der Waals surface area contributed by atoms with Crippen molar-refractivity contribution in [2.24, 2.45) is 0 Å². The largest absolute Gasteiger partial charge is 0.388 e. The zero-order chi connectivity index (χ0) is 19.3. The summed E-state index contributed by atoms with van der Waals surface area (Å²) in [5, 5.41) is 19.4. The average molecular weight is 402 g/mol. The van der Waals surface area contributed by atoms with Crippen molar-refractivity contribution in [3.63, 3.8) is 0 Å². The summed E-state index contributed by atoms with van der Waals surface area (Å²) < 4.78 is 34.0. The smallest absolute Gasteiger partial charge is 0.115 e. The van der Waals surface area contributed by atoms with Gasteiger partial charge in [0.15, 0.2) is 0 Å². The van der Waals surface area contributed by atoms with Crippen molar-refractivity contribution in [1.82, 2.24) is 0 Å². The van der Waals surface area contributed by atoms with Crippen LogP contribution in [0.15, 0.2) is 0 Å². The van der Waals surface area contributed by atoms with E-state index in [0.717, 1.165) is 38.9 Å². The first kappa shape index (κ1) is 20.9. The quantitative estimate of drug-likeness (QED) is 0.480. The maximum absolute atomic E-state index is 9.72. The molecule has 4 saturated heterocycles. The van der Waals surface area contributed by atoms with E-state index >= 15 is 0 Å². The summed E-state index contributed by atoms with van der Waals surface area (Å²) in [6, 6.07) is 0. The molecule has 0 aromatic heterocycles. The second kappa shape index (κ2) is 10.1. The summed E-state index contributed by atoms with van der Waals surface area (Å²) >= 11 is 0. The Labute approximate surface area is 166 Å². The Morgan fingerprint density at radius 3 is 1.39 bits per heavy atom. The van der Waals surface area contributed by atoms with Crippen LogP contribution in [0.3, 0.4) is 0 Å². The molecule has 0 aromatic rings. The molecule has 4 aliphatic heterocycles. The zero-order valence-electron chi connectivity index (χ0n) is 16.4. The number of unbranched alkanes of at least 4 members (excludes halogenated alkanes) is 5. The van der Waals surface area contributed by atoms with Crippen molar-refractivity contribution < 1.29 is 38.6 Å². The third-order valence-corrected chi connectivity index (χ3v) is 6.17. The molecular formula is C20H34O8. The van der Waals surface area contributed by atoms with Gasteiger partial charge in [0.25, 0.3) is 0 Å². The number of hydrogen-bond acceptors (Lipinski definition) is 8. The molecule has 2 N–H and O–H groups in total. The molecule has 28 heavy (non-hydrogen) atoms. The van der Waals surface area contributed by atoms with Gasteiger partial charge in [0, 0.05) is 13.2 Å². The molecule has 0 aliphatic carbocycles. The van der Waals surface area contributed by atoms with E-state index in [0.29, 0.717) is 26.4 Å². The summed E-state index contributed by atoms with van der Waals surface area (Å²) in [7, 11) is 0. The van der Waals surface area contributed by atoms with Gasteiger partial charge in [0.2, 0.25) is 0 Å². The Morgan fingerprint density at radius 1 is 0.536 bits per heavy atom. The van der Waals surface area contributed by atoms with Gasteiger partial charge in [-0.1, -0.05) is 25.7 Å². The van der Waals surface area contributed by atoms with Crippen LogP contribution in [-0.2, 0) is 28.4 Å². The van der Waals surface area contributed by atoms with Gasteiger partial charge in [-0.2, -0.15) is 0 Å². The maximum atomic E-state index is 9.72. The van der Waals surface area contributed by atoms with Crippen molar-refractivity contribution in [2.75, 3.05) is 39.6 Å². The van der Waals surface area contributed by atoms with Gasteiger partial charge in [0.05, 0.1) is 26.4 Å². The van der Waals surface area contributed by atoms with Gasteiger partial charge in [-0.3, -0.25) is 0 Å². The van der Waals surface area contributed by atoms with E-state index < -0.39 is 12.2 Å². The second-order valence-corrected chi connectivity index (χ2v) is 8.27. The highest BCUT2D eigenvalue weighted by Crippen LogP contribution is 2.30. The maximum Gasteiger partial charge on any atom is 0.115 e. The van der Waals surface area contributed by atoms with Crippen LogP contribution in [0.4, 0.5) is 0 Å². The Kier molecular flexibility index (Phi) is 7.57. The number of rotatable bonds is 11. The molecule has 4 unspecified atom stereocenters. The molecule has 8 atom stereocenters. The molecule has 0 bridgehead atoms. The van der Waals surface area contributed by atoms with E-state index in [9.17, 15) is 10.2 Å². The summed E-state index contributed by atoms with van der Waals surface area (Å²) in [5.41, 5.74) is 0. The van der Waals surface area contributed by atoms with Crippen LogP contribution in [0.2, 0.25) is 0 Å². The highest BCUT2D eigenvalue weighted by atomic mass is 16.6. The predicted molar refractivity (Wildman–Crippen MR) is 98.2 cm³/mol. The van der Waals surface area contributed by atoms with Gasteiger partial charge in [0.1, 0.15) is 48.8 Å². The first-order chi connectivity index (χ1) is 13.7. The van der Waals surface area contributed by atoms with E-state index in [1.807, 2.05) is 0 Å². The average Bonchev–Trinajstić information content (AvgIpc) is 3.44. The molecule has 4 heterocycles. The van der Waals surface area contributed by atoms with Crippen LogP contribution in [0, 0.1) is 0 Å². The molecule has 0 radical (unpaired) electrons. The fraction of sp³-hybridized carbons (Fsp3) is 1.00. The Bertz CT molecular complexity index is 435. The van der Waals surface area contributed by atoms with E-state index in [-0.39, 0.29) is 36.6 Å². The van der Waals surface area contributed by atoms with Crippen LogP contribution >= 0.6 is 0 Å². The SMILES string of the molecule is O[C@@H]1COC2C1OC[C@@H]2OCCCCCCCCO[C@H]1COC2C1OC[C@H]2O. The summed E-state index contributed by atoms with van der Waals surface area (Å²) in [5.74, 6) is 0. The Morgan fingerprint density at radius 2 is 0.929 bits per heavy atom. The number of ether oxygens (including phenoxy) is 6. The molecule has 0 aromatic carbocycles. The van der Waals surface area contributed by atoms with Crippen LogP contribution in [0.5, 0.6) is 0 Å². The van der Waals surface area contributed by atoms with Gasteiger partial charge < -0.3 is 38.6 Å². The number of hydrogen-bond donors (Lipinski definition) is 2. The van der Waals surface area contributed by atoms with Crippen molar-refractivity contribution in [3.8, 4) is 0 Å². The minimum atomic E-state index is -0.512. The minimum absolute atomic E-state index is 0.0385. The fourth-order valence-corrected chi connectivity index (χ4v) is 4.55. The number of aliphatic hydroxyl groups is 2. The predicted octanol–water partition coefficient (Wildman–Crippen LogP) is 0.414. The lowest BCUT2D eigenvalue weighted by Crippen LogP contribution is -2.33. The molecule has 8 nitrogen and oxygen atoms in total. The van der Waals surface area contributed by atoms with Crippen LogP contribution < -0.4 is 0 Å². The minimum Gasteiger partial charge on any atom is -0.388 e. The lowest BCUT2D eigenvalue weighted by molar-refractivity contribution is -0.0384. The Hall–Kier alpha value is -0.320. The zero-order valence-corrected chi connectivity index (χ0v) is 16.4. The van der Waals surface area contributed by atoms with Crippen molar-refractivity contribution >= 4 is 0 Å². The molecule has 4 aliphatic rings. The molecule has 0 amide bonds. The van der Waals surface area contributed by atoms with E-state index in [1.54, 1.807) is 0 Å². The summed E-state index contributed by atoms with van der Waals surface area (Å²) in [6.45, 7) is 3.17. The van der Waals surface area contributed by atoms with Crippen LogP contribution in [-0.4, -0.2) is 98.7 Å². The normalized spacial score (nSPS) is 42.2. The van der Waals surface area contributed by atoms with E-state index in [2.05, 4.69) is 0 Å². The lowest BCUT2D eigenvalue weighted by atomic mass is 10.1. The highest BCUT2D eigenvalue weighted by Gasteiger charge is 2.48. The van der Waals surface area contributed by atoms with Gasteiger partial charge >= 0.3 is 0 Å². The van der Waals surface area contributed by atoms with Gasteiger partial charge in [-0.25, -0.2) is 0 Å². The lowest BCUT2D eigenvalue weighted by Gasteiger charge is -2.16. The van der Waals surface area contributed by atoms with Crippen LogP contribution in [0.25, 0.3) is 0 Å². The molecule has 0 spiro atoms. The van der Waals surface area contributed by atoms with Crippen molar-refractivity contribution in [2.45, 2.75) is 87.4 Å². The molecule has 8 heteroatoms.